The molecule has 2 atom stereocenters. The number of thiol groups is 1. The Bertz CT molecular complexity index is 697. The molecule has 2 rings (SSSR count). The highest BCUT2D eigenvalue weighted by atomic mass is 32.2. The summed E-state index contributed by atoms with van der Waals surface area (Å²) in [4.78, 5) is 8.27. The molecular formula is C16H19F3N3OS+. The van der Waals surface area contributed by atoms with Crippen LogP contribution in [-0.4, -0.2) is 14.7 Å². The predicted octanol–water partition coefficient (Wildman–Crippen LogP) is 3.58. The monoisotopic (exact) mass is 358 g/mol. The maximum Gasteiger partial charge on any atom is 0.416 e. The second-order valence-electron chi connectivity index (χ2n) is 6.25. The highest BCUT2D eigenvalue weighted by Gasteiger charge is 2.33. The number of hydrogen-bond acceptors (Lipinski definition) is 3. The Kier molecular flexibility index (Phi) is 5.39. The van der Waals surface area contributed by atoms with Gasteiger partial charge in [-0.05, 0) is 44.5 Å². The van der Waals surface area contributed by atoms with E-state index in [-0.39, 0.29) is 0 Å². The van der Waals surface area contributed by atoms with E-state index in [1.165, 1.54) is 24.5 Å². The van der Waals surface area contributed by atoms with Gasteiger partial charge >= 0.3 is 6.18 Å². The Morgan fingerprint density at radius 1 is 1.04 bits per heavy atom. The molecule has 8 heteroatoms. The van der Waals surface area contributed by atoms with Crippen LogP contribution in [0.4, 0.5) is 13.2 Å². The molecule has 0 spiro atoms. The third-order valence-electron chi connectivity index (χ3n) is 3.27. The minimum atomic E-state index is -4.40. The largest absolute Gasteiger partial charge is 0.416 e. The minimum Gasteiger partial charge on any atom is -0.239 e. The average Bonchev–Trinajstić information content (AvgIpc) is 2.51. The fourth-order valence-electron chi connectivity index (χ4n) is 1.92. The highest BCUT2D eigenvalue weighted by Crippen LogP contribution is 2.31. The summed E-state index contributed by atoms with van der Waals surface area (Å²) in [5.41, 5.74) is -0.221. The number of nitrogens with zero attached hydrogens (tertiary/aromatic N) is 2. The topological polar surface area (TPSA) is 54.9 Å². The van der Waals surface area contributed by atoms with Crippen molar-refractivity contribution >= 4 is 11.0 Å². The van der Waals surface area contributed by atoms with Crippen LogP contribution in [0.5, 0.6) is 0 Å². The molecule has 24 heavy (non-hydrogen) atoms. The lowest BCUT2D eigenvalue weighted by Gasteiger charge is -2.19. The first kappa shape index (κ1) is 18.5. The first-order valence-electron chi connectivity index (χ1n) is 7.26. The van der Waals surface area contributed by atoms with Crippen molar-refractivity contribution in [2.75, 3.05) is 0 Å². The summed E-state index contributed by atoms with van der Waals surface area (Å²) in [7, 11) is -1.84. The lowest BCUT2D eigenvalue weighted by atomic mass is 10.0. The van der Waals surface area contributed by atoms with Gasteiger partial charge in [0.15, 0.2) is 5.82 Å². The van der Waals surface area contributed by atoms with E-state index in [2.05, 4.69) is 14.7 Å². The maximum atomic E-state index is 12.7. The van der Waals surface area contributed by atoms with E-state index in [0.717, 1.165) is 12.1 Å². The first-order valence-corrected chi connectivity index (χ1v) is 8.52. The fraction of sp³-hybridized carbons (Fsp3) is 0.375. The van der Waals surface area contributed by atoms with Crippen LogP contribution in [-0.2, 0) is 21.4 Å². The van der Waals surface area contributed by atoms with Crippen molar-refractivity contribution in [2.24, 2.45) is 0 Å². The Hall–Kier alpha value is -1.80. The number of nitrogens with one attached hydrogen (secondary N) is 1. The van der Waals surface area contributed by atoms with Gasteiger partial charge in [0.2, 0.25) is 0 Å². The summed E-state index contributed by atoms with van der Waals surface area (Å²) < 4.78 is 53.1. The molecule has 1 heterocycles. The quantitative estimate of drug-likeness (QED) is 0.671. The predicted molar refractivity (Wildman–Crippen MR) is 87.7 cm³/mol. The number of alkyl halides is 3. The van der Waals surface area contributed by atoms with E-state index in [0.29, 0.717) is 11.4 Å². The van der Waals surface area contributed by atoms with Crippen LogP contribution in [0.3, 0.4) is 0 Å². The van der Waals surface area contributed by atoms with Crippen LogP contribution < -0.4 is 4.72 Å². The van der Waals surface area contributed by atoms with Crippen molar-refractivity contribution in [3.05, 3.63) is 59.7 Å². The zero-order chi connectivity index (χ0) is 18.0. The van der Waals surface area contributed by atoms with Crippen LogP contribution in [0.2, 0.25) is 0 Å². The van der Waals surface area contributed by atoms with Gasteiger partial charge in [-0.25, -0.2) is 9.97 Å². The molecule has 2 aromatic rings. The van der Waals surface area contributed by atoms with E-state index in [1.54, 1.807) is 6.07 Å². The van der Waals surface area contributed by atoms with Crippen molar-refractivity contribution in [1.82, 2.24) is 14.7 Å². The Morgan fingerprint density at radius 3 is 2.04 bits per heavy atom. The third kappa shape index (κ3) is 4.61. The van der Waals surface area contributed by atoms with Gasteiger partial charge in [-0.2, -0.15) is 13.2 Å². The lowest BCUT2D eigenvalue weighted by molar-refractivity contribution is -0.137. The molecule has 1 N–H and O–H groups in total. The number of hydrogen-bond donors (Lipinski definition) is 1. The third-order valence-corrected chi connectivity index (χ3v) is 4.98. The summed E-state index contributed by atoms with van der Waals surface area (Å²) in [6.45, 7) is 5.44. The molecular weight excluding hydrogens is 339 g/mol. The van der Waals surface area contributed by atoms with Crippen LogP contribution in [0.1, 0.15) is 43.8 Å². The highest BCUT2D eigenvalue weighted by molar-refractivity contribution is 7.84. The molecule has 0 amide bonds. The van der Waals surface area contributed by atoms with Gasteiger partial charge in [0.25, 0.3) is 0 Å². The van der Waals surface area contributed by atoms with Gasteiger partial charge in [0.1, 0.15) is 21.8 Å². The summed E-state index contributed by atoms with van der Waals surface area (Å²) in [5, 5.41) is 0. The molecule has 1 aromatic carbocycles. The lowest BCUT2D eigenvalue weighted by Crippen LogP contribution is -2.36. The average molecular weight is 358 g/mol. The second-order valence-corrected chi connectivity index (χ2v) is 8.44. The van der Waals surface area contributed by atoms with Crippen molar-refractivity contribution in [3.8, 4) is 0 Å². The van der Waals surface area contributed by atoms with Gasteiger partial charge < -0.3 is 0 Å². The summed E-state index contributed by atoms with van der Waals surface area (Å²) in [6, 6.07) is 5.67. The van der Waals surface area contributed by atoms with E-state index in [1.807, 2.05) is 20.8 Å². The molecule has 0 saturated carbocycles. The standard InChI is InChI=1S/C16H18F3N3OS/c1-15(2,3)24(23)22-13(14-20-9-4-10-21-14)11-5-7-12(8-6-11)16(17,18)19/h4-10,13H,1-3H3,(H,22,23)/p+1/t13-,24?/m0/s1. The van der Waals surface area contributed by atoms with E-state index in [9.17, 15) is 17.4 Å². The van der Waals surface area contributed by atoms with Crippen molar-refractivity contribution in [1.29, 1.82) is 0 Å². The van der Waals surface area contributed by atoms with Gasteiger partial charge in [0, 0.05) is 12.4 Å². The van der Waals surface area contributed by atoms with Crippen molar-refractivity contribution in [3.63, 3.8) is 0 Å². The number of aromatic nitrogens is 2. The summed E-state index contributed by atoms with van der Waals surface area (Å²) >= 11 is 0. The number of rotatable bonds is 4. The number of benzene rings is 1. The molecule has 0 aliphatic rings. The van der Waals surface area contributed by atoms with Crippen LogP contribution >= 0.6 is 0 Å². The molecule has 0 aliphatic carbocycles. The smallest absolute Gasteiger partial charge is 0.239 e. The van der Waals surface area contributed by atoms with Crippen LogP contribution in [0, 0.1) is 0 Å². The minimum absolute atomic E-state index is 0.352. The summed E-state index contributed by atoms with van der Waals surface area (Å²) in [5.74, 6) is 0.352. The Morgan fingerprint density at radius 2 is 1.58 bits per heavy atom. The van der Waals surface area contributed by atoms with Gasteiger partial charge in [-0.3, -0.25) is 0 Å². The zero-order valence-corrected chi connectivity index (χ0v) is 14.4. The first-order chi connectivity index (χ1) is 11.1. The molecule has 4 nitrogen and oxygen atoms in total. The fourth-order valence-corrected chi connectivity index (χ4v) is 2.80. The van der Waals surface area contributed by atoms with E-state index < -0.39 is 33.5 Å². The van der Waals surface area contributed by atoms with E-state index >= 15 is 0 Å². The molecule has 0 saturated heterocycles. The SMILES string of the molecule is CC(C)(C)[SH+](=O)N[C@@H](c1ccc(C(F)(F)F)cc1)c1ncccn1. The van der Waals surface area contributed by atoms with Crippen molar-refractivity contribution < 1.29 is 17.4 Å². The number of halogens is 3. The summed E-state index contributed by atoms with van der Waals surface area (Å²) in [6.07, 6.45) is -1.34. The molecule has 0 fully saturated rings. The molecule has 1 aromatic heterocycles. The zero-order valence-electron chi connectivity index (χ0n) is 13.5. The van der Waals surface area contributed by atoms with E-state index in [4.69, 9.17) is 0 Å². The normalized spacial score (nSPS) is 15.1. The molecule has 0 radical (unpaired) electrons. The molecule has 0 bridgehead atoms. The Balaban J connectivity index is 2.38. The molecule has 130 valence electrons. The molecule has 0 aliphatic heterocycles. The Labute approximate surface area is 141 Å². The van der Waals surface area contributed by atoms with Gasteiger partial charge in [0.05, 0.1) is 5.56 Å². The van der Waals surface area contributed by atoms with Crippen LogP contribution in [0.15, 0.2) is 42.7 Å². The van der Waals surface area contributed by atoms with Gasteiger partial charge in [-0.15, -0.1) is 4.72 Å². The van der Waals surface area contributed by atoms with Crippen LogP contribution in [0.25, 0.3) is 0 Å². The maximum absolute atomic E-state index is 12.7. The molecule has 1 unspecified atom stereocenters. The van der Waals surface area contributed by atoms with Crippen molar-refractivity contribution in [2.45, 2.75) is 37.7 Å². The van der Waals surface area contributed by atoms with Gasteiger partial charge in [-0.1, -0.05) is 16.3 Å². The second kappa shape index (κ2) is 6.98.